The third-order valence-corrected chi connectivity index (χ3v) is 3.56. The van der Waals surface area contributed by atoms with E-state index in [0.29, 0.717) is 36.6 Å². The van der Waals surface area contributed by atoms with Crippen molar-refractivity contribution in [1.82, 2.24) is 0 Å². The minimum atomic E-state index is -0.687. The van der Waals surface area contributed by atoms with E-state index in [4.69, 9.17) is 16.3 Å². The van der Waals surface area contributed by atoms with Crippen molar-refractivity contribution in [3.63, 3.8) is 0 Å². The number of hydrogen-bond donors (Lipinski definition) is 0. The van der Waals surface area contributed by atoms with Gasteiger partial charge < -0.3 is 4.74 Å². The Hall–Kier alpha value is -1.64. The molecule has 19 heavy (non-hydrogen) atoms. The lowest BCUT2D eigenvalue weighted by atomic mass is 9.78. The first-order chi connectivity index (χ1) is 9.06. The molecule has 1 heterocycles. The first kappa shape index (κ1) is 13.8. The zero-order valence-electron chi connectivity index (χ0n) is 10.3. The summed E-state index contributed by atoms with van der Waals surface area (Å²) in [5.74, 6) is 0. The number of halogens is 1. The Labute approximate surface area is 115 Å². The van der Waals surface area contributed by atoms with E-state index in [0.717, 1.165) is 6.42 Å². The van der Waals surface area contributed by atoms with Crippen LogP contribution in [0.4, 0.5) is 5.69 Å². The largest absolute Gasteiger partial charge is 0.380 e. The third kappa shape index (κ3) is 3.03. The smallest absolute Gasteiger partial charge is 0.272 e. The van der Waals surface area contributed by atoms with E-state index in [9.17, 15) is 15.4 Å². The Balaban J connectivity index is 2.34. The zero-order valence-corrected chi connectivity index (χ0v) is 11.0. The summed E-state index contributed by atoms with van der Waals surface area (Å²) >= 11 is 5.89. The molecule has 0 amide bonds. The maximum absolute atomic E-state index is 11.0. The van der Waals surface area contributed by atoms with Crippen molar-refractivity contribution >= 4 is 17.3 Å². The van der Waals surface area contributed by atoms with Crippen LogP contribution in [0.1, 0.15) is 18.4 Å². The quantitative estimate of drug-likeness (QED) is 0.629. The summed E-state index contributed by atoms with van der Waals surface area (Å²) in [6, 6.07) is 6.69. The van der Waals surface area contributed by atoms with Crippen molar-refractivity contribution < 1.29 is 9.66 Å². The average Bonchev–Trinajstić information content (AvgIpc) is 2.39. The van der Waals surface area contributed by atoms with E-state index in [1.54, 1.807) is 6.07 Å². The van der Waals surface area contributed by atoms with Crippen molar-refractivity contribution in [3.8, 4) is 6.07 Å². The van der Waals surface area contributed by atoms with E-state index < -0.39 is 10.3 Å². The first-order valence-corrected chi connectivity index (χ1v) is 6.36. The van der Waals surface area contributed by atoms with Crippen LogP contribution in [0.15, 0.2) is 18.2 Å². The monoisotopic (exact) mass is 280 g/mol. The Morgan fingerprint density at radius 1 is 1.58 bits per heavy atom. The molecular weight excluding hydrogens is 268 g/mol. The molecule has 0 bridgehead atoms. The molecule has 1 aromatic rings. The van der Waals surface area contributed by atoms with E-state index >= 15 is 0 Å². The first-order valence-electron chi connectivity index (χ1n) is 5.98. The van der Waals surface area contributed by atoms with Crippen LogP contribution in [0, 0.1) is 26.9 Å². The third-order valence-electron chi connectivity index (χ3n) is 3.33. The van der Waals surface area contributed by atoms with Crippen molar-refractivity contribution in [3.05, 3.63) is 38.9 Å². The topological polar surface area (TPSA) is 76.2 Å². The van der Waals surface area contributed by atoms with E-state index in [1.807, 2.05) is 0 Å². The number of ether oxygens (including phenoxy) is 1. The predicted octanol–water partition coefficient (Wildman–Crippen LogP) is 3.11. The molecule has 0 aliphatic carbocycles. The minimum absolute atomic E-state index is 0.00426. The van der Waals surface area contributed by atoms with Crippen LogP contribution in [0.5, 0.6) is 0 Å². The highest BCUT2D eigenvalue weighted by atomic mass is 35.5. The molecule has 1 fully saturated rings. The van der Waals surface area contributed by atoms with Crippen LogP contribution in [0.25, 0.3) is 0 Å². The van der Waals surface area contributed by atoms with Gasteiger partial charge in [-0.1, -0.05) is 11.6 Å². The normalized spacial score (nSPS) is 22.7. The molecule has 1 aliphatic rings. The molecule has 100 valence electrons. The number of nitriles is 1. The fraction of sp³-hybridized carbons (Fsp3) is 0.462. The molecule has 1 aliphatic heterocycles. The van der Waals surface area contributed by atoms with Crippen molar-refractivity contribution in [2.45, 2.75) is 19.3 Å². The summed E-state index contributed by atoms with van der Waals surface area (Å²) < 4.78 is 5.35. The zero-order chi connectivity index (χ0) is 13.9. The fourth-order valence-corrected chi connectivity index (χ4v) is 2.55. The van der Waals surface area contributed by atoms with Crippen LogP contribution in [-0.2, 0) is 11.2 Å². The van der Waals surface area contributed by atoms with Gasteiger partial charge in [0.1, 0.15) is 0 Å². The van der Waals surface area contributed by atoms with Gasteiger partial charge in [0.2, 0.25) is 0 Å². The van der Waals surface area contributed by atoms with Crippen LogP contribution in [0.3, 0.4) is 0 Å². The number of benzene rings is 1. The molecule has 1 unspecified atom stereocenters. The second-order valence-electron chi connectivity index (χ2n) is 4.76. The standard InChI is InChI=1S/C13H13ClN2O3/c14-11-2-3-12(16(17)18)10(6-11)7-13(8-15)4-1-5-19-9-13/h2-3,6H,1,4-5,7,9H2. The van der Waals surface area contributed by atoms with E-state index in [2.05, 4.69) is 6.07 Å². The lowest BCUT2D eigenvalue weighted by Crippen LogP contribution is -2.32. The molecule has 5 nitrogen and oxygen atoms in total. The summed E-state index contributed by atoms with van der Waals surface area (Å²) in [7, 11) is 0. The Bertz CT molecular complexity index is 533. The van der Waals surface area contributed by atoms with Gasteiger partial charge in [-0.05, 0) is 25.0 Å². The Kier molecular flexibility index (Phi) is 4.03. The SMILES string of the molecule is N#CC1(Cc2cc(Cl)ccc2[N+](=O)[O-])CCCOC1. The predicted molar refractivity (Wildman–Crippen MR) is 69.9 cm³/mol. The maximum Gasteiger partial charge on any atom is 0.272 e. The van der Waals surface area contributed by atoms with Gasteiger partial charge in [0.15, 0.2) is 0 Å². The van der Waals surface area contributed by atoms with Gasteiger partial charge in [-0.15, -0.1) is 0 Å². The van der Waals surface area contributed by atoms with Crippen molar-refractivity contribution in [2.75, 3.05) is 13.2 Å². The van der Waals surface area contributed by atoms with Gasteiger partial charge >= 0.3 is 0 Å². The van der Waals surface area contributed by atoms with Gasteiger partial charge in [0.25, 0.3) is 5.69 Å². The lowest BCUT2D eigenvalue weighted by Gasteiger charge is -2.30. The fourth-order valence-electron chi connectivity index (χ4n) is 2.36. The molecule has 0 spiro atoms. The van der Waals surface area contributed by atoms with Crippen molar-refractivity contribution in [2.24, 2.45) is 5.41 Å². The molecule has 1 atom stereocenters. The molecule has 0 radical (unpaired) electrons. The Morgan fingerprint density at radius 2 is 2.37 bits per heavy atom. The lowest BCUT2D eigenvalue weighted by molar-refractivity contribution is -0.385. The van der Waals surface area contributed by atoms with Gasteiger partial charge in [0.05, 0.1) is 23.0 Å². The highest BCUT2D eigenvalue weighted by Gasteiger charge is 2.35. The number of rotatable bonds is 3. The van der Waals surface area contributed by atoms with E-state index in [1.165, 1.54) is 12.1 Å². The van der Waals surface area contributed by atoms with Gasteiger partial charge in [-0.3, -0.25) is 10.1 Å². The van der Waals surface area contributed by atoms with E-state index in [-0.39, 0.29) is 5.69 Å². The number of nitrogens with zero attached hydrogens (tertiary/aromatic N) is 2. The molecule has 1 aromatic carbocycles. The molecule has 1 saturated heterocycles. The van der Waals surface area contributed by atoms with Crippen LogP contribution < -0.4 is 0 Å². The molecule has 0 N–H and O–H groups in total. The summed E-state index contributed by atoms with van der Waals surface area (Å²) in [6.45, 7) is 0.953. The highest BCUT2D eigenvalue weighted by molar-refractivity contribution is 6.30. The van der Waals surface area contributed by atoms with Crippen molar-refractivity contribution in [1.29, 1.82) is 5.26 Å². The second kappa shape index (κ2) is 5.55. The number of nitro benzene ring substituents is 1. The molecule has 6 heteroatoms. The summed E-state index contributed by atoms with van der Waals surface area (Å²) in [4.78, 5) is 10.6. The van der Waals surface area contributed by atoms with Gasteiger partial charge in [-0.2, -0.15) is 5.26 Å². The summed E-state index contributed by atoms with van der Waals surface area (Å²) in [5.41, 5.74) is -0.192. The van der Waals surface area contributed by atoms with Crippen LogP contribution >= 0.6 is 11.6 Å². The maximum atomic E-state index is 11.0. The highest BCUT2D eigenvalue weighted by Crippen LogP contribution is 2.35. The number of hydrogen-bond acceptors (Lipinski definition) is 4. The number of nitro groups is 1. The van der Waals surface area contributed by atoms with Crippen LogP contribution in [-0.4, -0.2) is 18.1 Å². The average molecular weight is 281 g/mol. The molecule has 0 aromatic heterocycles. The summed E-state index contributed by atoms with van der Waals surface area (Å²) in [5, 5.41) is 20.8. The second-order valence-corrected chi connectivity index (χ2v) is 5.19. The van der Waals surface area contributed by atoms with Gasteiger partial charge in [0, 0.05) is 29.7 Å². The van der Waals surface area contributed by atoms with Crippen LogP contribution in [0.2, 0.25) is 5.02 Å². The molecule has 0 saturated carbocycles. The molecular formula is C13H13ClN2O3. The Morgan fingerprint density at radius 3 is 2.95 bits per heavy atom. The van der Waals surface area contributed by atoms with Gasteiger partial charge in [-0.25, -0.2) is 0 Å². The summed E-state index contributed by atoms with van der Waals surface area (Å²) in [6.07, 6.45) is 1.77. The minimum Gasteiger partial charge on any atom is -0.380 e. The molecule has 2 rings (SSSR count).